The predicted molar refractivity (Wildman–Crippen MR) is 81.1 cm³/mol. The van der Waals surface area contributed by atoms with Crippen LogP contribution < -0.4 is 6.15 Å². The van der Waals surface area contributed by atoms with E-state index < -0.39 is 22.0 Å². The average Bonchev–Trinajstić information content (AvgIpc) is 2.36. The lowest BCUT2D eigenvalue weighted by Crippen LogP contribution is -2.27. The van der Waals surface area contributed by atoms with Crippen molar-refractivity contribution < 1.29 is 26.7 Å². The monoisotopic (exact) mass is 331 g/mol. The summed E-state index contributed by atoms with van der Waals surface area (Å²) in [5.74, 6) is -0.537. The molecule has 0 aliphatic heterocycles. The Hall–Kier alpha value is -1.74. The van der Waals surface area contributed by atoms with Gasteiger partial charge in [-0.05, 0) is 25.0 Å². The fourth-order valence-corrected chi connectivity index (χ4v) is 2.55. The number of carbonyl (C=O) groups excluding carboxylic acids is 1. The summed E-state index contributed by atoms with van der Waals surface area (Å²) in [7, 11) is -4.83. The smallest absolute Gasteiger partial charge is 0.330 e. The van der Waals surface area contributed by atoms with Gasteiger partial charge in [-0.15, -0.1) is 0 Å². The number of rotatable bonds is 7. The van der Waals surface area contributed by atoms with Gasteiger partial charge in [-0.2, -0.15) is 0 Å². The second kappa shape index (κ2) is 8.04. The Bertz CT molecular complexity index is 624. The number of quaternary nitrogens is 1. The molecule has 1 aromatic rings. The van der Waals surface area contributed by atoms with Gasteiger partial charge in [0.2, 0.25) is 10.4 Å². The summed E-state index contributed by atoms with van der Waals surface area (Å²) < 4.78 is 41.9. The first-order valence-electron chi connectivity index (χ1n) is 6.20. The molecule has 0 radical (unpaired) electrons. The average molecular weight is 331 g/mol. The summed E-state index contributed by atoms with van der Waals surface area (Å²) in [6.45, 7) is 6.37. The molecule has 0 saturated heterocycles. The van der Waals surface area contributed by atoms with Gasteiger partial charge in [-0.25, -0.2) is 13.2 Å². The first kappa shape index (κ1) is 20.3. The number of hydrogen-bond acceptors (Lipinski definition) is 6. The van der Waals surface area contributed by atoms with Crippen LogP contribution in [0.4, 0.5) is 0 Å². The lowest BCUT2D eigenvalue weighted by molar-refractivity contribution is -0.137. The minimum absolute atomic E-state index is 0. The van der Waals surface area contributed by atoms with Crippen LogP contribution in [-0.4, -0.2) is 25.5 Å². The SMILES string of the molecule is C=CC(=O)OCCc1ccccc1C(C)(C)OS(=O)(=O)[O-].[NH4+]. The van der Waals surface area contributed by atoms with Crippen molar-refractivity contribution in [2.45, 2.75) is 25.9 Å². The fraction of sp³-hybridized carbons (Fsp3) is 0.357. The molecule has 7 nitrogen and oxygen atoms in total. The first-order valence-corrected chi connectivity index (χ1v) is 7.53. The molecule has 8 heteroatoms. The number of hydrogen-bond donors (Lipinski definition) is 1. The highest BCUT2D eigenvalue weighted by Gasteiger charge is 2.27. The van der Waals surface area contributed by atoms with Crippen LogP contribution in [0.25, 0.3) is 0 Å². The zero-order chi connectivity index (χ0) is 16.1. The van der Waals surface area contributed by atoms with Crippen LogP contribution in [-0.2, 0) is 36.1 Å². The first-order chi connectivity index (χ1) is 9.65. The van der Waals surface area contributed by atoms with Gasteiger partial charge in [0.15, 0.2) is 0 Å². The van der Waals surface area contributed by atoms with E-state index in [2.05, 4.69) is 10.8 Å². The number of benzene rings is 1. The van der Waals surface area contributed by atoms with E-state index in [-0.39, 0.29) is 12.8 Å². The summed E-state index contributed by atoms with van der Waals surface area (Å²) in [6.07, 6.45) is 1.42. The van der Waals surface area contributed by atoms with Gasteiger partial charge >= 0.3 is 5.97 Å². The van der Waals surface area contributed by atoms with Crippen LogP contribution >= 0.6 is 0 Å². The van der Waals surface area contributed by atoms with Crippen molar-refractivity contribution in [3.63, 3.8) is 0 Å². The second-order valence-corrected chi connectivity index (χ2v) is 5.76. The van der Waals surface area contributed by atoms with Crippen LogP contribution in [0.2, 0.25) is 0 Å². The van der Waals surface area contributed by atoms with Crippen molar-refractivity contribution in [2.75, 3.05) is 6.61 Å². The quantitative estimate of drug-likeness (QED) is 0.352. The fourth-order valence-electron chi connectivity index (χ4n) is 1.95. The Kier molecular flexibility index (Phi) is 7.41. The molecule has 1 rings (SSSR count). The van der Waals surface area contributed by atoms with Gasteiger partial charge in [0.25, 0.3) is 0 Å². The van der Waals surface area contributed by atoms with E-state index >= 15 is 0 Å². The van der Waals surface area contributed by atoms with E-state index in [1.165, 1.54) is 13.8 Å². The largest absolute Gasteiger partial charge is 0.725 e. The molecule has 0 aliphatic rings. The maximum absolute atomic E-state index is 11.0. The minimum Gasteiger partial charge on any atom is -0.725 e. The highest BCUT2D eigenvalue weighted by Crippen LogP contribution is 2.29. The van der Waals surface area contributed by atoms with Crippen LogP contribution in [0, 0.1) is 0 Å². The highest BCUT2D eigenvalue weighted by molar-refractivity contribution is 7.80. The molecular formula is C14H21NO6S. The van der Waals surface area contributed by atoms with Crippen LogP contribution in [0.3, 0.4) is 0 Å². The molecule has 0 aliphatic carbocycles. The van der Waals surface area contributed by atoms with Crippen LogP contribution in [0.15, 0.2) is 36.9 Å². The highest BCUT2D eigenvalue weighted by atomic mass is 32.3. The molecule has 124 valence electrons. The number of esters is 1. The van der Waals surface area contributed by atoms with E-state index in [9.17, 15) is 17.8 Å². The van der Waals surface area contributed by atoms with Gasteiger partial charge in [0.1, 0.15) is 5.60 Å². The summed E-state index contributed by atoms with van der Waals surface area (Å²) in [6, 6.07) is 6.88. The third kappa shape index (κ3) is 6.35. The van der Waals surface area contributed by atoms with Gasteiger partial charge in [-0.1, -0.05) is 30.8 Å². The third-order valence-electron chi connectivity index (χ3n) is 2.76. The molecule has 0 atom stereocenters. The van der Waals surface area contributed by atoms with E-state index in [0.29, 0.717) is 12.0 Å². The molecule has 0 bridgehead atoms. The van der Waals surface area contributed by atoms with Crippen molar-refractivity contribution in [1.82, 2.24) is 6.15 Å². The van der Waals surface area contributed by atoms with Gasteiger partial charge in [-0.3, -0.25) is 4.18 Å². The van der Waals surface area contributed by atoms with Gasteiger partial charge < -0.3 is 15.4 Å². The zero-order valence-corrected chi connectivity index (χ0v) is 13.7. The van der Waals surface area contributed by atoms with E-state index in [1.807, 2.05) is 0 Å². The molecule has 0 fully saturated rings. The number of carbonyl (C=O) groups is 1. The Morgan fingerprint density at radius 1 is 1.36 bits per heavy atom. The van der Waals surface area contributed by atoms with E-state index in [0.717, 1.165) is 11.6 Å². The summed E-state index contributed by atoms with van der Waals surface area (Å²) in [4.78, 5) is 11.0. The normalized spacial score (nSPS) is 11.4. The second-order valence-electron chi connectivity index (χ2n) is 4.78. The molecule has 1 aromatic carbocycles. The van der Waals surface area contributed by atoms with E-state index in [1.54, 1.807) is 24.3 Å². The summed E-state index contributed by atoms with van der Waals surface area (Å²) >= 11 is 0. The standard InChI is InChI=1S/C14H18O6S.H3N/c1-4-13(15)19-10-9-11-7-5-6-8-12(11)14(2,3)20-21(16,17)18;/h4-8H,1,9-10H2,2-3H3,(H,16,17,18);1H3. The Morgan fingerprint density at radius 3 is 2.50 bits per heavy atom. The topological polar surface area (TPSA) is 129 Å². The lowest BCUT2D eigenvalue weighted by Gasteiger charge is -2.28. The van der Waals surface area contributed by atoms with Crippen molar-refractivity contribution in [1.29, 1.82) is 0 Å². The lowest BCUT2D eigenvalue weighted by atomic mass is 9.92. The Labute approximate surface area is 130 Å². The molecule has 0 aromatic heterocycles. The summed E-state index contributed by atoms with van der Waals surface area (Å²) in [5.41, 5.74) is -0.0401. The zero-order valence-electron chi connectivity index (χ0n) is 12.9. The minimum atomic E-state index is -4.83. The van der Waals surface area contributed by atoms with Crippen molar-refractivity contribution >= 4 is 16.4 Å². The predicted octanol–water partition coefficient (Wildman–Crippen LogP) is 2.05. The third-order valence-corrected chi connectivity index (χ3v) is 3.38. The van der Waals surface area contributed by atoms with Crippen LogP contribution in [0.1, 0.15) is 25.0 Å². The van der Waals surface area contributed by atoms with Crippen LogP contribution in [0.5, 0.6) is 0 Å². The van der Waals surface area contributed by atoms with Crippen molar-refractivity contribution in [3.05, 3.63) is 48.0 Å². The van der Waals surface area contributed by atoms with Gasteiger partial charge in [0.05, 0.1) is 6.61 Å². The molecule has 0 amide bonds. The van der Waals surface area contributed by atoms with Crippen molar-refractivity contribution in [3.8, 4) is 0 Å². The van der Waals surface area contributed by atoms with Gasteiger partial charge in [0, 0.05) is 12.5 Å². The Morgan fingerprint density at radius 2 is 1.95 bits per heavy atom. The summed E-state index contributed by atoms with van der Waals surface area (Å²) in [5, 5.41) is 0. The van der Waals surface area contributed by atoms with E-state index in [4.69, 9.17) is 4.74 Å². The molecule has 22 heavy (non-hydrogen) atoms. The maximum atomic E-state index is 11.0. The Balaban J connectivity index is 0.00000441. The molecule has 0 heterocycles. The molecule has 0 spiro atoms. The molecular weight excluding hydrogens is 310 g/mol. The van der Waals surface area contributed by atoms with Crippen molar-refractivity contribution in [2.24, 2.45) is 0 Å². The number of ether oxygens (including phenoxy) is 1. The molecule has 0 unspecified atom stereocenters. The molecule has 0 saturated carbocycles. The maximum Gasteiger partial charge on any atom is 0.330 e. The molecule has 4 N–H and O–H groups in total.